The minimum absolute atomic E-state index is 0.355. The van der Waals surface area contributed by atoms with Gasteiger partial charge in [-0.2, -0.15) is 0 Å². The van der Waals surface area contributed by atoms with Crippen molar-refractivity contribution in [1.29, 1.82) is 0 Å². The maximum Gasteiger partial charge on any atom is 0.0602 e. The number of rotatable bonds is 6. The number of hydrogen-bond acceptors (Lipinski definition) is 4. The van der Waals surface area contributed by atoms with Crippen LogP contribution in [0.2, 0.25) is 0 Å². The number of nitrogens with zero attached hydrogens (tertiary/aromatic N) is 3. The van der Waals surface area contributed by atoms with Gasteiger partial charge in [-0.3, -0.25) is 14.7 Å². The number of hydrogen-bond donors (Lipinski definition) is 0. The summed E-state index contributed by atoms with van der Waals surface area (Å²) in [5.74, 6) is 0. The summed E-state index contributed by atoms with van der Waals surface area (Å²) in [6.45, 7) is 10.9. The van der Waals surface area contributed by atoms with Crippen molar-refractivity contribution < 1.29 is 4.74 Å². The minimum Gasteiger partial charge on any atom is -0.379 e. The molecule has 4 heteroatoms. The topological polar surface area (TPSA) is 19.0 Å². The first kappa shape index (κ1) is 18.6. The van der Waals surface area contributed by atoms with Gasteiger partial charge in [0, 0.05) is 52.4 Å². The summed E-state index contributed by atoms with van der Waals surface area (Å²) < 4.78 is 5.45. The third-order valence-corrected chi connectivity index (χ3v) is 5.84. The molecular weight excluding hydrogens is 334 g/mol. The SMILES string of the molecule is c1ccc(C(c2ccccc2)N2CCN(CCN3CCOCC3)CC2)cc1. The molecule has 0 bridgehead atoms. The van der Waals surface area contributed by atoms with Crippen molar-refractivity contribution >= 4 is 0 Å². The molecule has 0 aliphatic carbocycles. The van der Waals surface area contributed by atoms with Crippen LogP contribution < -0.4 is 0 Å². The van der Waals surface area contributed by atoms with E-state index in [9.17, 15) is 0 Å². The molecule has 2 saturated heterocycles. The Kier molecular flexibility index (Phi) is 6.53. The van der Waals surface area contributed by atoms with Crippen LogP contribution in [0.1, 0.15) is 17.2 Å². The molecule has 0 N–H and O–H groups in total. The Balaban J connectivity index is 1.37. The second-order valence-electron chi connectivity index (χ2n) is 7.56. The van der Waals surface area contributed by atoms with Gasteiger partial charge in [-0.1, -0.05) is 60.7 Å². The fourth-order valence-electron chi connectivity index (χ4n) is 4.24. The normalized spacial score (nSPS) is 20.2. The fraction of sp³-hybridized carbons (Fsp3) is 0.478. The molecule has 0 spiro atoms. The van der Waals surface area contributed by atoms with Crippen molar-refractivity contribution in [1.82, 2.24) is 14.7 Å². The molecule has 2 aliphatic rings. The van der Waals surface area contributed by atoms with Crippen LogP contribution in [0, 0.1) is 0 Å². The van der Waals surface area contributed by atoms with Gasteiger partial charge in [0.05, 0.1) is 19.3 Å². The summed E-state index contributed by atoms with van der Waals surface area (Å²) in [5, 5.41) is 0. The Hall–Kier alpha value is -1.72. The van der Waals surface area contributed by atoms with Crippen LogP contribution in [0.5, 0.6) is 0 Å². The lowest BCUT2D eigenvalue weighted by molar-refractivity contribution is 0.0287. The molecule has 2 aliphatic heterocycles. The highest BCUT2D eigenvalue weighted by molar-refractivity contribution is 5.31. The van der Waals surface area contributed by atoms with Crippen molar-refractivity contribution in [3.05, 3.63) is 71.8 Å². The van der Waals surface area contributed by atoms with Crippen LogP contribution in [-0.4, -0.2) is 80.3 Å². The Labute approximate surface area is 163 Å². The van der Waals surface area contributed by atoms with Gasteiger partial charge in [-0.25, -0.2) is 0 Å². The molecular formula is C23H31N3O. The average Bonchev–Trinajstić information content (AvgIpc) is 2.76. The smallest absolute Gasteiger partial charge is 0.0602 e. The van der Waals surface area contributed by atoms with E-state index >= 15 is 0 Å². The summed E-state index contributed by atoms with van der Waals surface area (Å²) in [6, 6.07) is 22.3. The van der Waals surface area contributed by atoms with Crippen molar-refractivity contribution in [2.75, 3.05) is 65.6 Å². The second kappa shape index (κ2) is 9.47. The van der Waals surface area contributed by atoms with Crippen molar-refractivity contribution in [3.63, 3.8) is 0 Å². The number of benzene rings is 2. The highest BCUT2D eigenvalue weighted by Gasteiger charge is 2.26. The van der Waals surface area contributed by atoms with Gasteiger partial charge in [0.2, 0.25) is 0 Å². The molecule has 0 aromatic heterocycles. The van der Waals surface area contributed by atoms with Gasteiger partial charge < -0.3 is 4.74 Å². The summed E-state index contributed by atoms with van der Waals surface area (Å²) >= 11 is 0. The van der Waals surface area contributed by atoms with E-state index in [-0.39, 0.29) is 0 Å². The Morgan fingerprint density at radius 2 is 1.11 bits per heavy atom. The molecule has 2 aromatic rings. The maximum absolute atomic E-state index is 5.45. The highest BCUT2D eigenvalue weighted by Crippen LogP contribution is 2.29. The van der Waals surface area contributed by atoms with Gasteiger partial charge in [-0.15, -0.1) is 0 Å². The van der Waals surface area contributed by atoms with Crippen molar-refractivity contribution in [2.45, 2.75) is 6.04 Å². The summed E-state index contributed by atoms with van der Waals surface area (Å²) in [7, 11) is 0. The highest BCUT2D eigenvalue weighted by atomic mass is 16.5. The van der Waals surface area contributed by atoms with Crippen LogP contribution in [0.25, 0.3) is 0 Å². The van der Waals surface area contributed by atoms with Crippen LogP contribution in [-0.2, 0) is 4.74 Å². The lowest BCUT2D eigenvalue weighted by Gasteiger charge is -2.40. The summed E-state index contributed by atoms with van der Waals surface area (Å²) in [6.07, 6.45) is 0. The first-order chi connectivity index (χ1) is 13.4. The zero-order valence-corrected chi connectivity index (χ0v) is 16.2. The Bertz CT molecular complexity index is 625. The van der Waals surface area contributed by atoms with Gasteiger partial charge in [0.15, 0.2) is 0 Å². The molecule has 27 heavy (non-hydrogen) atoms. The molecule has 0 unspecified atom stereocenters. The van der Waals surface area contributed by atoms with E-state index in [0.717, 1.165) is 52.5 Å². The predicted octanol–water partition coefficient (Wildman–Crippen LogP) is 2.73. The van der Waals surface area contributed by atoms with Gasteiger partial charge in [0.25, 0.3) is 0 Å². The molecule has 0 atom stereocenters. The van der Waals surface area contributed by atoms with E-state index in [2.05, 4.69) is 75.4 Å². The van der Waals surface area contributed by atoms with E-state index < -0.39 is 0 Å². The maximum atomic E-state index is 5.45. The quantitative estimate of drug-likeness (QED) is 0.783. The molecule has 0 radical (unpaired) electrons. The largest absolute Gasteiger partial charge is 0.379 e. The van der Waals surface area contributed by atoms with Gasteiger partial charge >= 0.3 is 0 Å². The van der Waals surface area contributed by atoms with Crippen LogP contribution in [0.3, 0.4) is 0 Å². The lowest BCUT2D eigenvalue weighted by Crippen LogP contribution is -2.50. The zero-order valence-electron chi connectivity index (χ0n) is 16.2. The van der Waals surface area contributed by atoms with Crippen molar-refractivity contribution in [2.24, 2.45) is 0 Å². The third-order valence-electron chi connectivity index (χ3n) is 5.84. The van der Waals surface area contributed by atoms with E-state index in [4.69, 9.17) is 4.74 Å². The molecule has 0 amide bonds. The fourth-order valence-corrected chi connectivity index (χ4v) is 4.24. The first-order valence-electron chi connectivity index (χ1n) is 10.3. The molecule has 144 valence electrons. The average molecular weight is 366 g/mol. The Morgan fingerprint density at radius 1 is 0.630 bits per heavy atom. The molecule has 4 nitrogen and oxygen atoms in total. The second-order valence-corrected chi connectivity index (χ2v) is 7.56. The molecule has 2 heterocycles. The van der Waals surface area contributed by atoms with E-state index in [0.29, 0.717) is 6.04 Å². The molecule has 0 saturated carbocycles. The molecule has 2 aromatic carbocycles. The molecule has 4 rings (SSSR count). The standard InChI is InChI=1S/C23H31N3O/c1-3-7-21(8-4-1)23(22-9-5-2-6-10-22)26-15-13-24(14-16-26)11-12-25-17-19-27-20-18-25/h1-10,23H,11-20H2. The van der Waals surface area contributed by atoms with Gasteiger partial charge in [-0.05, 0) is 11.1 Å². The van der Waals surface area contributed by atoms with Crippen molar-refractivity contribution in [3.8, 4) is 0 Å². The Morgan fingerprint density at radius 3 is 1.63 bits per heavy atom. The van der Waals surface area contributed by atoms with E-state index in [1.165, 1.54) is 24.2 Å². The number of morpholine rings is 1. The van der Waals surface area contributed by atoms with E-state index in [1.807, 2.05) is 0 Å². The van der Waals surface area contributed by atoms with E-state index in [1.54, 1.807) is 0 Å². The molecule has 2 fully saturated rings. The predicted molar refractivity (Wildman–Crippen MR) is 110 cm³/mol. The van der Waals surface area contributed by atoms with Crippen LogP contribution in [0.4, 0.5) is 0 Å². The summed E-state index contributed by atoms with van der Waals surface area (Å²) in [5.41, 5.74) is 2.79. The van der Waals surface area contributed by atoms with Crippen LogP contribution >= 0.6 is 0 Å². The number of piperazine rings is 1. The minimum atomic E-state index is 0.355. The first-order valence-corrected chi connectivity index (χ1v) is 10.3. The number of ether oxygens (including phenoxy) is 1. The van der Waals surface area contributed by atoms with Crippen LogP contribution in [0.15, 0.2) is 60.7 Å². The summed E-state index contributed by atoms with van der Waals surface area (Å²) in [4.78, 5) is 7.81. The lowest BCUT2D eigenvalue weighted by atomic mass is 9.96. The third kappa shape index (κ3) is 4.96. The zero-order chi connectivity index (χ0) is 18.3. The van der Waals surface area contributed by atoms with Gasteiger partial charge in [0.1, 0.15) is 0 Å². The monoisotopic (exact) mass is 365 g/mol.